The number of nitrogens with zero attached hydrogens (tertiary/aromatic N) is 1. The molecular formula is C26H27ClF3N3O6S. The number of anilines is 2. The van der Waals surface area contributed by atoms with Crippen LogP contribution in [0.15, 0.2) is 36.4 Å². The molecule has 2 aliphatic rings. The third-order valence-electron chi connectivity index (χ3n) is 6.50. The second kappa shape index (κ2) is 12.5. The number of carbonyl (C=O) groups excluding carboxylic acids is 3. The molecule has 1 heterocycles. The van der Waals surface area contributed by atoms with E-state index in [1.807, 2.05) is 0 Å². The summed E-state index contributed by atoms with van der Waals surface area (Å²) < 4.78 is 63.9. The minimum absolute atomic E-state index is 0.0462. The lowest BCUT2D eigenvalue weighted by molar-refractivity contribution is -0.137. The van der Waals surface area contributed by atoms with E-state index in [9.17, 15) is 31.8 Å². The first-order valence-electron chi connectivity index (χ1n) is 12.5. The third-order valence-corrected chi connectivity index (χ3v) is 7.99. The number of carbonyl (C=O) groups is 3. The maximum Gasteiger partial charge on any atom is 0.417 e. The van der Waals surface area contributed by atoms with E-state index in [1.165, 1.54) is 19.1 Å². The van der Waals surface area contributed by atoms with Gasteiger partial charge in [0.15, 0.2) is 11.5 Å². The molecule has 2 N–H and O–H groups in total. The number of hydrogen-bond donors (Lipinski definition) is 2. The number of nitrogens with one attached hydrogen (secondary N) is 2. The fraction of sp³-hybridized carbons (Fsp3) is 0.423. The smallest absolute Gasteiger partial charge is 0.417 e. The standard InChI is InChI=1S/C26H27ClF3N3O6S/c1-15(25(36)32-16-4-2-3-5-16)33(18-7-8-20(27)19(11-18)26(28,29)30)24(35)13-40(37)12-23(34)31-17-6-9-21-22(10-17)39-14-38-21/h6-11,15-16H,2-5,12-14H2,1H3,(H,31,34)(H,32,36)/t15-,40-/m0/s1. The number of alkyl halides is 3. The van der Waals surface area contributed by atoms with Gasteiger partial charge in [-0.3, -0.25) is 23.5 Å². The van der Waals surface area contributed by atoms with Crippen LogP contribution in [0.3, 0.4) is 0 Å². The van der Waals surface area contributed by atoms with E-state index in [0.29, 0.717) is 23.3 Å². The molecule has 0 aromatic heterocycles. The normalized spacial score (nSPS) is 16.3. The summed E-state index contributed by atoms with van der Waals surface area (Å²) in [5, 5.41) is 4.81. The quantitative estimate of drug-likeness (QED) is 0.444. The Labute approximate surface area is 235 Å². The van der Waals surface area contributed by atoms with E-state index < -0.39 is 62.8 Å². The molecule has 1 fully saturated rings. The summed E-state index contributed by atoms with van der Waals surface area (Å²) in [6, 6.07) is 6.20. The van der Waals surface area contributed by atoms with Gasteiger partial charge in [0.1, 0.15) is 17.5 Å². The molecular weight excluding hydrogens is 575 g/mol. The predicted octanol–water partition coefficient (Wildman–Crippen LogP) is 4.26. The molecule has 1 aliphatic carbocycles. The zero-order chi connectivity index (χ0) is 29.0. The summed E-state index contributed by atoms with van der Waals surface area (Å²) in [6.45, 7) is 1.42. The van der Waals surface area contributed by atoms with Crippen LogP contribution < -0.4 is 25.0 Å². The zero-order valence-electron chi connectivity index (χ0n) is 21.4. The maximum atomic E-state index is 13.6. The van der Waals surface area contributed by atoms with Crippen molar-refractivity contribution in [3.05, 3.63) is 47.0 Å². The first kappa shape index (κ1) is 29.7. The van der Waals surface area contributed by atoms with E-state index in [0.717, 1.165) is 36.6 Å². The van der Waals surface area contributed by atoms with Gasteiger partial charge in [0, 0.05) is 34.3 Å². The van der Waals surface area contributed by atoms with Gasteiger partial charge in [0.2, 0.25) is 24.5 Å². The Morgan fingerprint density at radius 2 is 1.77 bits per heavy atom. The molecule has 0 bridgehead atoms. The van der Waals surface area contributed by atoms with Crippen LogP contribution in [0.25, 0.3) is 0 Å². The van der Waals surface area contributed by atoms with E-state index >= 15 is 0 Å². The van der Waals surface area contributed by atoms with Crippen LogP contribution in [-0.4, -0.2) is 52.3 Å². The van der Waals surface area contributed by atoms with Crippen molar-refractivity contribution in [1.29, 1.82) is 0 Å². The average Bonchev–Trinajstić information content (AvgIpc) is 3.55. The van der Waals surface area contributed by atoms with E-state index in [1.54, 1.807) is 12.1 Å². The van der Waals surface area contributed by atoms with Crippen LogP contribution in [0.2, 0.25) is 5.02 Å². The van der Waals surface area contributed by atoms with Crippen molar-refractivity contribution in [2.75, 3.05) is 28.5 Å². The SMILES string of the molecule is C[C@@H](C(=O)NC1CCCC1)N(C(=O)C[S@@](=O)CC(=O)Nc1ccc2c(c1)OCO2)c1ccc(Cl)c(C(F)(F)F)c1. The number of rotatable bonds is 9. The summed E-state index contributed by atoms with van der Waals surface area (Å²) in [7, 11) is -2.05. The van der Waals surface area contributed by atoms with E-state index in [4.69, 9.17) is 21.1 Å². The maximum absolute atomic E-state index is 13.6. The Bertz CT molecular complexity index is 1320. The lowest BCUT2D eigenvalue weighted by Gasteiger charge is -2.30. The van der Waals surface area contributed by atoms with Crippen molar-refractivity contribution in [1.82, 2.24) is 5.32 Å². The molecule has 0 unspecified atom stereocenters. The minimum Gasteiger partial charge on any atom is -0.454 e. The Balaban J connectivity index is 1.49. The average molecular weight is 602 g/mol. The molecule has 0 saturated heterocycles. The summed E-state index contributed by atoms with van der Waals surface area (Å²) in [5.41, 5.74) is -1.06. The van der Waals surface area contributed by atoms with E-state index in [-0.39, 0.29) is 18.5 Å². The molecule has 1 saturated carbocycles. The van der Waals surface area contributed by atoms with Gasteiger partial charge in [-0.15, -0.1) is 0 Å². The number of fused-ring (bicyclic) bond motifs is 1. The van der Waals surface area contributed by atoms with Gasteiger partial charge in [-0.05, 0) is 50.1 Å². The van der Waals surface area contributed by atoms with Crippen LogP contribution in [0.5, 0.6) is 11.5 Å². The van der Waals surface area contributed by atoms with Crippen LogP contribution in [0.4, 0.5) is 24.5 Å². The van der Waals surface area contributed by atoms with Crippen LogP contribution in [-0.2, 0) is 31.4 Å². The van der Waals surface area contributed by atoms with Gasteiger partial charge in [-0.25, -0.2) is 0 Å². The number of amides is 3. The van der Waals surface area contributed by atoms with Crippen molar-refractivity contribution < 1.29 is 41.2 Å². The number of benzene rings is 2. The Kier molecular flexibility index (Phi) is 9.24. The van der Waals surface area contributed by atoms with Crippen molar-refractivity contribution in [3.8, 4) is 11.5 Å². The van der Waals surface area contributed by atoms with Crippen molar-refractivity contribution in [2.45, 2.75) is 50.9 Å². The Hall–Kier alpha value is -3.32. The topological polar surface area (TPSA) is 114 Å². The first-order chi connectivity index (χ1) is 18.9. The molecule has 2 aromatic carbocycles. The van der Waals surface area contributed by atoms with Crippen LogP contribution in [0.1, 0.15) is 38.2 Å². The third kappa shape index (κ3) is 7.25. The molecule has 2 aromatic rings. The van der Waals surface area contributed by atoms with Crippen LogP contribution in [0, 0.1) is 0 Å². The highest BCUT2D eigenvalue weighted by molar-refractivity contribution is 7.86. The Morgan fingerprint density at radius 1 is 1.07 bits per heavy atom. The fourth-order valence-electron chi connectivity index (χ4n) is 4.55. The molecule has 9 nitrogen and oxygen atoms in total. The first-order valence-corrected chi connectivity index (χ1v) is 14.3. The highest BCUT2D eigenvalue weighted by Gasteiger charge is 2.36. The van der Waals surface area contributed by atoms with Gasteiger partial charge in [-0.2, -0.15) is 13.2 Å². The Morgan fingerprint density at radius 3 is 2.48 bits per heavy atom. The second-order valence-corrected chi connectivity index (χ2v) is 11.3. The zero-order valence-corrected chi connectivity index (χ0v) is 23.0. The lowest BCUT2D eigenvalue weighted by Crippen LogP contribution is -2.51. The summed E-state index contributed by atoms with van der Waals surface area (Å²) >= 11 is 5.75. The van der Waals surface area contributed by atoms with Gasteiger partial charge in [0.05, 0.1) is 10.6 Å². The number of halogens is 4. The largest absolute Gasteiger partial charge is 0.454 e. The van der Waals surface area contributed by atoms with E-state index in [2.05, 4.69) is 10.6 Å². The molecule has 4 rings (SSSR count). The number of ether oxygens (including phenoxy) is 2. The van der Waals surface area contributed by atoms with Crippen LogP contribution >= 0.6 is 11.6 Å². The van der Waals surface area contributed by atoms with Crippen molar-refractivity contribution >= 4 is 51.5 Å². The van der Waals surface area contributed by atoms with Gasteiger partial charge < -0.3 is 20.1 Å². The summed E-state index contributed by atoms with van der Waals surface area (Å²) in [6.07, 6.45) is -1.43. The molecule has 0 radical (unpaired) electrons. The molecule has 40 heavy (non-hydrogen) atoms. The lowest BCUT2D eigenvalue weighted by atomic mass is 10.1. The molecule has 2 atom stereocenters. The minimum atomic E-state index is -4.81. The number of hydrogen-bond acceptors (Lipinski definition) is 6. The highest BCUT2D eigenvalue weighted by Crippen LogP contribution is 2.37. The molecule has 14 heteroatoms. The molecule has 3 amide bonds. The van der Waals surface area contributed by atoms with Gasteiger partial charge >= 0.3 is 6.18 Å². The molecule has 216 valence electrons. The van der Waals surface area contributed by atoms with Gasteiger partial charge in [-0.1, -0.05) is 24.4 Å². The van der Waals surface area contributed by atoms with Crippen molar-refractivity contribution in [2.24, 2.45) is 0 Å². The highest BCUT2D eigenvalue weighted by atomic mass is 35.5. The summed E-state index contributed by atoms with van der Waals surface area (Å²) in [4.78, 5) is 39.7. The van der Waals surface area contributed by atoms with Gasteiger partial charge in [0.25, 0.3) is 0 Å². The second-order valence-electron chi connectivity index (χ2n) is 9.44. The fourth-order valence-corrected chi connectivity index (χ4v) is 5.65. The molecule has 0 spiro atoms. The molecule has 1 aliphatic heterocycles. The van der Waals surface area contributed by atoms with Crippen molar-refractivity contribution in [3.63, 3.8) is 0 Å². The monoisotopic (exact) mass is 601 g/mol. The summed E-state index contributed by atoms with van der Waals surface area (Å²) in [5.74, 6) is -2.45. The predicted molar refractivity (Wildman–Crippen MR) is 143 cm³/mol.